The summed E-state index contributed by atoms with van der Waals surface area (Å²) in [5.41, 5.74) is 5.57. The molecule has 3 aromatic heterocycles. The van der Waals surface area contributed by atoms with Crippen molar-refractivity contribution in [3.05, 3.63) is 28.2 Å². The first-order chi connectivity index (χ1) is 9.36. The fourth-order valence-corrected chi connectivity index (χ4v) is 2.62. The number of nitrogens with two attached hydrogens (primary N) is 1. The minimum absolute atomic E-state index is 0.241. The van der Waals surface area contributed by atoms with Gasteiger partial charge >= 0.3 is 0 Å². The van der Waals surface area contributed by atoms with E-state index in [-0.39, 0.29) is 11.0 Å². The third-order valence-corrected chi connectivity index (χ3v) is 3.75. The van der Waals surface area contributed by atoms with Crippen molar-refractivity contribution in [2.24, 2.45) is 0 Å². The molecule has 3 rings (SSSR count). The van der Waals surface area contributed by atoms with Crippen LogP contribution in [0.15, 0.2) is 16.9 Å². The van der Waals surface area contributed by atoms with Gasteiger partial charge in [0.25, 0.3) is 11.3 Å². The van der Waals surface area contributed by atoms with Gasteiger partial charge in [-0.3, -0.25) is 9.78 Å². The molecule has 0 amide bonds. The molecule has 0 saturated carbocycles. The van der Waals surface area contributed by atoms with Gasteiger partial charge in [0.05, 0.1) is 9.88 Å². The summed E-state index contributed by atoms with van der Waals surface area (Å²) >= 11 is 1.40. The van der Waals surface area contributed by atoms with Crippen LogP contribution in [-0.2, 0) is 5.41 Å². The molecule has 0 saturated heterocycles. The summed E-state index contributed by atoms with van der Waals surface area (Å²) in [6.07, 6.45) is 0. The Balaban J connectivity index is 2.29. The first kappa shape index (κ1) is 12.8. The van der Waals surface area contributed by atoms with Crippen LogP contribution >= 0.6 is 11.3 Å². The molecule has 0 aromatic carbocycles. The fourth-order valence-electron chi connectivity index (χ4n) is 1.88. The first-order valence-electron chi connectivity index (χ1n) is 6.08. The van der Waals surface area contributed by atoms with Crippen LogP contribution in [0.4, 0.5) is 5.00 Å². The predicted octanol–water partition coefficient (Wildman–Crippen LogP) is 1.42. The Hall–Kier alpha value is -2.22. The second kappa shape index (κ2) is 4.14. The van der Waals surface area contributed by atoms with Crippen LogP contribution in [0.2, 0.25) is 0 Å². The van der Waals surface area contributed by atoms with Gasteiger partial charge in [-0.05, 0) is 12.1 Å². The van der Waals surface area contributed by atoms with E-state index in [0.29, 0.717) is 22.3 Å². The maximum absolute atomic E-state index is 12.0. The van der Waals surface area contributed by atoms with E-state index < -0.39 is 0 Å². The van der Waals surface area contributed by atoms with Gasteiger partial charge in [0, 0.05) is 5.41 Å². The Morgan fingerprint density at radius 2 is 2.05 bits per heavy atom. The number of aromatic nitrogens is 5. The van der Waals surface area contributed by atoms with Gasteiger partial charge in [0.15, 0.2) is 5.82 Å². The largest absolute Gasteiger partial charge is 0.391 e. The van der Waals surface area contributed by atoms with Crippen molar-refractivity contribution < 1.29 is 0 Å². The highest BCUT2D eigenvalue weighted by molar-refractivity contribution is 7.19. The van der Waals surface area contributed by atoms with Crippen molar-refractivity contribution in [2.45, 2.75) is 26.2 Å². The number of rotatable bonds is 1. The summed E-state index contributed by atoms with van der Waals surface area (Å²) in [5, 5.41) is 13.1. The number of nitrogen functional groups attached to an aromatic ring is 1. The average Bonchev–Trinajstić information content (AvgIpc) is 2.92. The minimum Gasteiger partial charge on any atom is -0.391 e. The van der Waals surface area contributed by atoms with Gasteiger partial charge in [-0.25, -0.2) is 0 Å². The number of hydrogen-bond donors (Lipinski definition) is 2. The number of hydrogen-bond acceptors (Lipinski definition) is 6. The number of anilines is 1. The highest BCUT2D eigenvalue weighted by Crippen LogP contribution is 2.28. The molecule has 3 heterocycles. The molecule has 7 nitrogen and oxygen atoms in total. The molecular weight excluding hydrogens is 276 g/mol. The smallest absolute Gasteiger partial charge is 0.274 e. The minimum atomic E-state index is -0.363. The number of aromatic amines is 1. The highest BCUT2D eigenvalue weighted by Gasteiger charge is 2.22. The van der Waals surface area contributed by atoms with Gasteiger partial charge in [-0.2, -0.15) is 9.61 Å². The van der Waals surface area contributed by atoms with E-state index in [2.05, 4.69) is 20.3 Å². The van der Waals surface area contributed by atoms with Gasteiger partial charge in [0.1, 0.15) is 5.69 Å². The Bertz CT molecular complexity index is 838. The molecule has 0 aliphatic heterocycles. The van der Waals surface area contributed by atoms with E-state index in [4.69, 9.17) is 5.73 Å². The number of nitrogens with zero attached hydrogens (tertiary/aromatic N) is 4. The molecule has 0 aliphatic rings. The lowest BCUT2D eigenvalue weighted by atomic mass is 9.93. The van der Waals surface area contributed by atoms with Crippen LogP contribution < -0.4 is 11.3 Å². The number of nitrogens with one attached hydrogen (secondary N) is 1. The molecule has 0 bridgehead atoms. The third kappa shape index (κ3) is 1.97. The SMILES string of the molecule is CC(C)(C)c1nn2c(-c3ccc(N)s3)nnc2[nH]c1=O. The molecule has 0 spiro atoms. The van der Waals surface area contributed by atoms with E-state index >= 15 is 0 Å². The normalized spacial score (nSPS) is 12.2. The van der Waals surface area contributed by atoms with Gasteiger partial charge in [0.2, 0.25) is 0 Å². The molecule has 0 radical (unpaired) electrons. The number of thiophene rings is 1. The zero-order valence-corrected chi connectivity index (χ0v) is 12.2. The maximum atomic E-state index is 12.0. The summed E-state index contributed by atoms with van der Waals surface area (Å²) in [5.74, 6) is 0.897. The summed E-state index contributed by atoms with van der Waals surface area (Å²) in [6, 6.07) is 3.66. The maximum Gasteiger partial charge on any atom is 0.274 e. The average molecular weight is 290 g/mol. The lowest BCUT2D eigenvalue weighted by Crippen LogP contribution is -2.28. The summed E-state index contributed by atoms with van der Waals surface area (Å²) in [6.45, 7) is 5.80. The third-order valence-electron chi connectivity index (χ3n) is 2.84. The van der Waals surface area contributed by atoms with Crippen LogP contribution in [0.1, 0.15) is 26.5 Å². The monoisotopic (exact) mass is 290 g/mol. The summed E-state index contributed by atoms with van der Waals surface area (Å²) < 4.78 is 1.55. The van der Waals surface area contributed by atoms with Crippen LogP contribution in [0.3, 0.4) is 0 Å². The summed E-state index contributed by atoms with van der Waals surface area (Å²) in [4.78, 5) is 15.6. The van der Waals surface area contributed by atoms with E-state index in [1.165, 1.54) is 11.3 Å². The highest BCUT2D eigenvalue weighted by atomic mass is 32.1. The molecule has 0 unspecified atom stereocenters. The molecular formula is C12H14N6OS. The van der Waals surface area contributed by atoms with Crippen molar-refractivity contribution in [3.63, 3.8) is 0 Å². The van der Waals surface area contributed by atoms with Crippen molar-refractivity contribution in [1.82, 2.24) is 24.8 Å². The molecule has 3 aromatic rings. The molecule has 0 fully saturated rings. The van der Waals surface area contributed by atoms with Gasteiger partial charge in [-0.15, -0.1) is 21.5 Å². The van der Waals surface area contributed by atoms with Crippen LogP contribution in [0, 0.1) is 0 Å². The fraction of sp³-hybridized carbons (Fsp3) is 0.333. The van der Waals surface area contributed by atoms with E-state index in [1.54, 1.807) is 10.6 Å². The molecule has 0 aliphatic carbocycles. The Morgan fingerprint density at radius 3 is 2.65 bits per heavy atom. The molecule has 3 N–H and O–H groups in total. The zero-order valence-electron chi connectivity index (χ0n) is 11.3. The lowest BCUT2D eigenvalue weighted by Gasteiger charge is -2.15. The Kier molecular flexibility index (Phi) is 2.65. The quantitative estimate of drug-likeness (QED) is 0.705. The van der Waals surface area contributed by atoms with Gasteiger partial charge in [-0.1, -0.05) is 20.8 Å². The van der Waals surface area contributed by atoms with Crippen molar-refractivity contribution >= 4 is 22.1 Å². The van der Waals surface area contributed by atoms with E-state index in [1.807, 2.05) is 26.8 Å². The van der Waals surface area contributed by atoms with Crippen molar-refractivity contribution in [2.75, 3.05) is 5.73 Å². The van der Waals surface area contributed by atoms with Crippen LogP contribution in [-0.4, -0.2) is 24.8 Å². The molecule has 0 atom stereocenters. The van der Waals surface area contributed by atoms with E-state index in [0.717, 1.165) is 4.88 Å². The lowest BCUT2D eigenvalue weighted by molar-refractivity contribution is 0.542. The van der Waals surface area contributed by atoms with Gasteiger partial charge < -0.3 is 5.73 Å². The molecule has 8 heteroatoms. The second-order valence-corrected chi connectivity index (χ2v) is 6.63. The second-order valence-electron chi connectivity index (χ2n) is 5.51. The Labute approximate surface area is 118 Å². The summed E-state index contributed by atoms with van der Waals surface area (Å²) in [7, 11) is 0. The standard InChI is InChI=1S/C12H14N6OS/c1-12(2,3)8-10(19)14-11-16-15-9(18(11)17-8)6-4-5-7(13)20-6/h4-5H,13H2,1-3H3,(H,14,16,19). The molecule has 20 heavy (non-hydrogen) atoms. The van der Waals surface area contributed by atoms with Crippen molar-refractivity contribution in [1.29, 1.82) is 0 Å². The first-order valence-corrected chi connectivity index (χ1v) is 6.90. The van der Waals surface area contributed by atoms with E-state index in [9.17, 15) is 4.79 Å². The topological polar surface area (TPSA) is 102 Å². The van der Waals surface area contributed by atoms with Crippen LogP contribution in [0.5, 0.6) is 0 Å². The Morgan fingerprint density at radius 1 is 1.30 bits per heavy atom. The van der Waals surface area contributed by atoms with Crippen LogP contribution in [0.25, 0.3) is 16.5 Å². The number of fused-ring (bicyclic) bond motifs is 1. The predicted molar refractivity (Wildman–Crippen MR) is 77.8 cm³/mol. The number of H-pyrrole nitrogens is 1. The zero-order chi connectivity index (χ0) is 14.5. The van der Waals surface area contributed by atoms with Crippen molar-refractivity contribution in [3.8, 4) is 10.7 Å². The molecule has 104 valence electrons.